The molecule has 13 nitrogen and oxygen atoms in total. The fourth-order valence-electron chi connectivity index (χ4n) is 4.10. The predicted octanol–water partition coefficient (Wildman–Crippen LogP) is -4.05. The normalized spacial score (nSPS) is 51.3. The highest BCUT2D eigenvalue weighted by molar-refractivity contribution is 14.2. The largest absolute Gasteiger partial charge is 0.394 e. The third-order valence-electron chi connectivity index (χ3n) is 6.16. The van der Waals surface area contributed by atoms with E-state index in [1.807, 2.05) is 21.2 Å². The zero-order chi connectivity index (χ0) is 26.0. The van der Waals surface area contributed by atoms with Gasteiger partial charge in [-0.3, -0.25) is 0 Å². The van der Waals surface area contributed by atoms with Crippen molar-refractivity contribution < 1.29 is 65.3 Å². The number of halogens is 1. The highest BCUT2D eigenvalue weighted by atomic mass is 127. The molecule has 206 valence electrons. The van der Waals surface area contributed by atoms with E-state index in [0.717, 1.165) is 32.5 Å². The summed E-state index contributed by atoms with van der Waals surface area (Å²) in [5, 5.41) is 100. The van der Waals surface area contributed by atoms with Gasteiger partial charge < -0.3 is 65.3 Å². The van der Waals surface area contributed by atoms with Crippen molar-refractivity contribution in [1.82, 2.24) is 0 Å². The Labute approximate surface area is 225 Å². The second-order valence-corrected chi connectivity index (χ2v) is 13.1. The van der Waals surface area contributed by atoms with Crippen LogP contribution in [0, 0.1) is 0 Å². The Kier molecular flexibility index (Phi) is 11.9. The Hall–Kier alpha value is 1.26. The average Bonchev–Trinajstić information content (AvgIpc) is 2.85. The first-order valence-electron chi connectivity index (χ1n) is 10.7. The van der Waals surface area contributed by atoms with E-state index in [9.17, 15) is 51.1 Å². The molecule has 0 bridgehead atoms. The van der Waals surface area contributed by atoms with E-state index in [2.05, 4.69) is 0 Å². The van der Waals surface area contributed by atoms with E-state index in [1.165, 1.54) is 0 Å². The molecule has 0 aliphatic carbocycles. The maximum absolute atomic E-state index is 11.1. The van der Waals surface area contributed by atoms with Crippen LogP contribution in [0.3, 0.4) is 0 Å². The lowest BCUT2D eigenvalue weighted by atomic mass is 10.0. The summed E-state index contributed by atoms with van der Waals surface area (Å²) in [6.45, 7) is -1.80. The molecule has 3 saturated heterocycles. The van der Waals surface area contributed by atoms with Crippen LogP contribution in [-0.2, 0) is 14.2 Å². The van der Waals surface area contributed by atoms with Crippen molar-refractivity contribution in [3.8, 4) is 0 Å². The molecule has 0 amide bonds. The van der Waals surface area contributed by atoms with E-state index < -0.39 is 108 Å². The molecular weight excluding hydrogens is 647 g/mol. The van der Waals surface area contributed by atoms with E-state index >= 15 is 0 Å². The zero-order valence-electron chi connectivity index (χ0n) is 18.1. The van der Waals surface area contributed by atoms with Crippen LogP contribution < -0.4 is 0 Å². The molecule has 0 spiro atoms. The van der Waals surface area contributed by atoms with Crippen LogP contribution in [0.5, 0.6) is 0 Å². The summed E-state index contributed by atoms with van der Waals surface area (Å²) in [7, 11) is 1.14. The Balaban J connectivity index is 1.79. The third kappa shape index (κ3) is 6.53. The highest BCUT2D eigenvalue weighted by Gasteiger charge is 2.53. The van der Waals surface area contributed by atoms with Crippen LogP contribution in [0.15, 0.2) is 0 Å². The molecule has 10 N–H and O–H groups in total. The summed E-state index contributed by atoms with van der Waals surface area (Å²) in [5.74, 6) is 0. The Morgan fingerprint density at radius 1 is 0.486 bits per heavy atom. The fourth-order valence-corrected chi connectivity index (χ4v) is 8.99. The van der Waals surface area contributed by atoms with Crippen molar-refractivity contribution in [3.63, 3.8) is 0 Å². The maximum atomic E-state index is 11.1. The Bertz CT molecular complexity index is 655. The van der Waals surface area contributed by atoms with E-state index in [-0.39, 0.29) is 0 Å². The molecule has 15 atom stereocenters. The second kappa shape index (κ2) is 13.6. The minimum absolute atomic E-state index is 0.514. The average molecular weight is 679 g/mol. The minimum atomic E-state index is -1.66. The van der Waals surface area contributed by atoms with Gasteiger partial charge in [-0.05, 0) is 21.2 Å². The molecule has 3 heterocycles. The van der Waals surface area contributed by atoms with Crippen LogP contribution in [0.4, 0.5) is 0 Å². The molecule has 0 unspecified atom stereocenters. The number of thioether (sulfide) groups is 2. The van der Waals surface area contributed by atoms with Crippen molar-refractivity contribution in [3.05, 3.63) is 0 Å². The summed E-state index contributed by atoms with van der Waals surface area (Å²) in [6, 6.07) is 0. The van der Waals surface area contributed by atoms with Gasteiger partial charge in [-0.15, -0.1) is 23.5 Å². The van der Waals surface area contributed by atoms with Gasteiger partial charge >= 0.3 is 0 Å². The minimum Gasteiger partial charge on any atom is -0.394 e. The second-order valence-electron chi connectivity index (χ2n) is 8.40. The van der Waals surface area contributed by atoms with Crippen molar-refractivity contribution in [2.75, 3.05) is 19.8 Å². The number of aliphatic hydroxyl groups is 10. The molecule has 35 heavy (non-hydrogen) atoms. The summed E-state index contributed by atoms with van der Waals surface area (Å²) < 4.78 is 16.6. The topological polar surface area (TPSA) is 230 Å². The summed E-state index contributed by atoms with van der Waals surface area (Å²) in [4.78, 5) is 0. The predicted molar refractivity (Wildman–Crippen MR) is 134 cm³/mol. The molecule has 3 fully saturated rings. The lowest BCUT2D eigenvalue weighted by Gasteiger charge is -2.47. The molecular formula is C18H31IO13S3. The lowest BCUT2D eigenvalue weighted by molar-refractivity contribution is -0.206. The van der Waals surface area contributed by atoms with Crippen molar-refractivity contribution >= 4 is 53.7 Å². The number of aliphatic hydroxyl groups excluding tert-OH is 10. The Morgan fingerprint density at radius 2 is 0.857 bits per heavy atom. The lowest BCUT2D eigenvalue weighted by Crippen LogP contribution is -2.62. The van der Waals surface area contributed by atoms with Gasteiger partial charge in [-0.2, -0.15) is 0 Å². The molecule has 0 aromatic rings. The van der Waals surface area contributed by atoms with Crippen molar-refractivity contribution in [2.45, 2.75) is 87.8 Å². The molecule has 3 rings (SSSR count). The quantitative estimate of drug-likeness (QED) is 0.110. The van der Waals surface area contributed by atoms with Gasteiger partial charge in [0.15, 0.2) is 0 Å². The van der Waals surface area contributed by atoms with E-state index in [1.54, 1.807) is 0 Å². The van der Waals surface area contributed by atoms with Gasteiger partial charge in [0.05, 0.1) is 42.5 Å². The molecule has 0 radical (unpaired) electrons. The van der Waals surface area contributed by atoms with Crippen LogP contribution in [0.25, 0.3) is 0 Å². The Morgan fingerprint density at radius 3 is 1.29 bits per heavy atom. The molecule has 17 heteroatoms. The molecule has 0 saturated carbocycles. The first-order valence-corrected chi connectivity index (χ1v) is 16.0. The number of hydrogen-bond donors (Lipinski definition) is 10. The van der Waals surface area contributed by atoms with Crippen molar-refractivity contribution in [2.24, 2.45) is 0 Å². The van der Waals surface area contributed by atoms with Crippen LogP contribution in [-0.4, -0.2) is 159 Å². The first kappa shape index (κ1) is 30.8. The summed E-state index contributed by atoms with van der Waals surface area (Å²) in [6.07, 6.45) is -13.7. The fraction of sp³-hybridized carbons (Fsp3) is 1.00. The van der Waals surface area contributed by atoms with Gasteiger partial charge in [-0.25, -0.2) is 0 Å². The molecule has 0 aromatic carbocycles. The maximum Gasteiger partial charge on any atom is 0.140 e. The van der Waals surface area contributed by atoms with Crippen LogP contribution in [0.2, 0.25) is 0 Å². The number of rotatable bonds is 8. The monoisotopic (exact) mass is 678 g/mol. The van der Waals surface area contributed by atoms with Crippen LogP contribution >= 0.6 is 53.7 Å². The van der Waals surface area contributed by atoms with E-state index in [4.69, 9.17) is 14.2 Å². The first-order chi connectivity index (χ1) is 16.6. The SMILES string of the molecule is OC[C@H]1O[C@@H](S[C@@H]2[C@@H](O)[C@H](S[C@@H]3[C@@H](O)[C@H](SI)O[C@H](CO)[C@H]3O)O[C@H](CO)[C@H]2O)[C@H](O)[C@@H](O)[C@@H]1O. The standard InChI is InChI=1S/C18H31IO13S3/c19-35-18-13(29)15(9(25)6(3-22)32-18)34-17-12(28)14(8(24)5(2-21)31-17)33-16-11(27)10(26)7(23)4(1-20)30-16/h4-18,20-29H,1-3H2/t4-,5-,6-,7-,8-,9-,10+,11-,12-,13-,14+,15+,16+,17+,18+/m1/s1. The molecule has 0 aromatic heterocycles. The smallest absolute Gasteiger partial charge is 0.140 e. The van der Waals surface area contributed by atoms with Gasteiger partial charge in [0, 0.05) is 0 Å². The van der Waals surface area contributed by atoms with Crippen molar-refractivity contribution in [1.29, 1.82) is 0 Å². The number of ether oxygens (including phenoxy) is 3. The molecule has 3 aliphatic heterocycles. The third-order valence-corrected chi connectivity index (χ3v) is 11.3. The van der Waals surface area contributed by atoms with Gasteiger partial charge in [-0.1, -0.05) is 8.93 Å². The van der Waals surface area contributed by atoms with Gasteiger partial charge in [0.2, 0.25) is 0 Å². The van der Waals surface area contributed by atoms with E-state index in [0.29, 0.717) is 0 Å². The highest BCUT2D eigenvalue weighted by Crippen LogP contribution is 2.44. The molecule has 3 aliphatic rings. The zero-order valence-corrected chi connectivity index (χ0v) is 22.7. The van der Waals surface area contributed by atoms with Gasteiger partial charge in [0.1, 0.15) is 65.1 Å². The van der Waals surface area contributed by atoms with Crippen LogP contribution in [0.1, 0.15) is 0 Å². The van der Waals surface area contributed by atoms with Gasteiger partial charge in [0.25, 0.3) is 0 Å². The summed E-state index contributed by atoms with van der Waals surface area (Å²) in [5.41, 5.74) is -3.22. The summed E-state index contributed by atoms with van der Waals surface area (Å²) >= 11 is 3.49. The number of hydrogen-bond acceptors (Lipinski definition) is 16.